The third-order valence-electron chi connectivity index (χ3n) is 2.96. The number of rotatable bonds is 1. The van der Waals surface area contributed by atoms with Crippen molar-refractivity contribution in [2.75, 3.05) is 0 Å². The Morgan fingerprint density at radius 3 is 2.68 bits per heavy atom. The minimum Gasteiger partial charge on any atom is -0.330 e. The van der Waals surface area contributed by atoms with E-state index in [1.54, 1.807) is 4.68 Å². The van der Waals surface area contributed by atoms with Crippen LogP contribution in [0.2, 0.25) is 0 Å². The molecule has 0 aliphatic carbocycles. The summed E-state index contributed by atoms with van der Waals surface area (Å²) in [5.41, 5.74) is 3.58. The lowest BCUT2D eigenvalue weighted by Gasteiger charge is -1.97. The number of aryl methyl sites for hydroxylation is 3. The Balaban J connectivity index is 2.34. The Labute approximate surface area is 110 Å². The smallest absolute Gasteiger partial charge is 0.330 e. The van der Waals surface area contributed by atoms with Crippen molar-refractivity contribution in [2.24, 2.45) is 12.0 Å². The molecule has 0 atom stereocenters. The standard InChI is InChI=1S/C14H15N5/c1-10-9-11(2)19-13(17-18(3)14(19)15-10)16-12-7-5-4-6-8-12/h4-9H,1-3H3. The van der Waals surface area contributed by atoms with Crippen LogP contribution in [0.3, 0.4) is 0 Å². The van der Waals surface area contributed by atoms with Crippen LogP contribution in [0, 0.1) is 13.8 Å². The highest BCUT2D eigenvalue weighted by Crippen LogP contribution is 2.08. The van der Waals surface area contributed by atoms with Crippen molar-refractivity contribution >= 4 is 11.5 Å². The molecule has 0 aliphatic rings. The Bertz CT molecular complexity index is 796. The molecule has 0 radical (unpaired) electrons. The van der Waals surface area contributed by atoms with Gasteiger partial charge in [0.15, 0.2) is 5.62 Å². The summed E-state index contributed by atoms with van der Waals surface area (Å²) in [4.78, 5) is 9.07. The van der Waals surface area contributed by atoms with Crippen molar-refractivity contribution in [2.45, 2.75) is 13.8 Å². The first-order chi connectivity index (χ1) is 9.15. The molecule has 0 aliphatic heterocycles. The van der Waals surface area contributed by atoms with Gasteiger partial charge in [-0.25, -0.2) is 0 Å². The normalized spacial score (nSPS) is 12.3. The second-order valence-corrected chi connectivity index (χ2v) is 4.55. The number of hydrogen-bond acceptors (Lipinski definition) is 2. The summed E-state index contributed by atoms with van der Waals surface area (Å²) in [7, 11) is 1.88. The van der Waals surface area contributed by atoms with Gasteiger partial charge in [0.25, 0.3) is 0 Å². The minimum absolute atomic E-state index is 0.647. The third kappa shape index (κ3) is 2.03. The molecule has 0 bridgehead atoms. The Hall–Kier alpha value is -2.43. The van der Waals surface area contributed by atoms with E-state index in [1.807, 2.05) is 61.7 Å². The number of fused-ring (bicyclic) bond motifs is 1. The van der Waals surface area contributed by atoms with Crippen LogP contribution in [0.4, 0.5) is 5.69 Å². The molecule has 96 valence electrons. The zero-order valence-electron chi connectivity index (χ0n) is 11.2. The second kappa shape index (κ2) is 4.35. The first kappa shape index (κ1) is 11.6. The summed E-state index contributed by atoms with van der Waals surface area (Å²) in [5, 5.41) is 4.44. The molecule has 0 N–H and O–H groups in total. The number of benzene rings is 1. The van der Waals surface area contributed by atoms with Crippen molar-refractivity contribution < 1.29 is 4.68 Å². The first-order valence-corrected chi connectivity index (χ1v) is 6.15. The summed E-state index contributed by atoms with van der Waals surface area (Å²) in [6.45, 7) is 4.02. The van der Waals surface area contributed by atoms with Gasteiger partial charge < -0.3 is 4.99 Å². The quantitative estimate of drug-likeness (QED) is 0.607. The topological polar surface area (TPSA) is 47.6 Å². The maximum atomic E-state index is 4.57. The number of nitrogens with zero attached hydrogens (tertiary/aromatic N) is 5. The number of para-hydroxylation sites is 1. The molecule has 2 aromatic heterocycles. The molecular weight excluding hydrogens is 238 g/mol. The van der Waals surface area contributed by atoms with Gasteiger partial charge in [0.05, 0.1) is 12.7 Å². The molecule has 0 spiro atoms. The molecule has 5 heteroatoms. The van der Waals surface area contributed by atoms with E-state index in [1.165, 1.54) is 0 Å². The average Bonchev–Trinajstić information content (AvgIpc) is 2.67. The van der Waals surface area contributed by atoms with Crippen molar-refractivity contribution in [3.05, 3.63) is 53.4 Å². The van der Waals surface area contributed by atoms with Crippen molar-refractivity contribution in [3.63, 3.8) is 0 Å². The van der Waals surface area contributed by atoms with Gasteiger partial charge >= 0.3 is 5.78 Å². The van der Waals surface area contributed by atoms with Gasteiger partial charge in [-0.1, -0.05) is 35.3 Å². The summed E-state index contributed by atoms with van der Waals surface area (Å²) in [5.74, 6) is 0.798. The molecule has 5 nitrogen and oxygen atoms in total. The lowest BCUT2D eigenvalue weighted by molar-refractivity contribution is -0.711. The number of hydrogen-bond donors (Lipinski definition) is 0. The Morgan fingerprint density at radius 2 is 1.95 bits per heavy atom. The van der Waals surface area contributed by atoms with Gasteiger partial charge in [0, 0.05) is 6.07 Å². The van der Waals surface area contributed by atoms with Gasteiger partial charge in [-0.05, 0) is 19.5 Å². The van der Waals surface area contributed by atoms with Crippen LogP contribution in [-0.2, 0) is 7.05 Å². The highest BCUT2D eigenvalue weighted by atomic mass is 15.4. The van der Waals surface area contributed by atoms with Gasteiger partial charge in [0.1, 0.15) is 5.69 Å². The Morgan fingerprint density at radius 1 is 1.21 bits per heavy atom. The van der Waals surface area contributed by atoms with Crippen LogP contribution < -0.4 is 15.4 Å². The van der Waals surface area contributed by atoms with E-state index in [0.29, 0.717) is 5.62 Å². The predicted octanol–water partition coefficient (Wildman–Crippen LogP) is 0.965. The van der Waals surface area contributed by atoms with Gasteiger partial charge in [0.2, 0.25) is 0 Å². The fourth-order valence-corrected chi connectivity index (χ4v) is 2.14. The van der Waals surface area contributed by atoms with Crippen LogP contribution in [0.25, 0.3) is 5.78 Å². The lowest BCUT2D eigenvalue weighted by atomic mass is 10.3. The van der Waals surface area contributed by atoms with E-state index in [0.717, 1.165) is 22.9 Å². The van der Waals surface area contributed by atoms with Crippen LogP contribution in [0.15, 0.2) is 41.4 Å². The molecule has 0 amide bonds. The van der Waals surface area contributed by atoms with Gasteiger partial charge in [-0.3, -0.25) is 0 Å². The zero-order chi connectivity index (χ0) is 13.4. The Kier molecular flexibility index (Phi) is 2.67. The molecule has 0 fully saturated rings. The van der Waals surface area contributed by atoms with Crippen LogP contribution in [-0.4, -0.2) is 9.38 Å². The predicted molar refractivity (Wildman–Crippen MR) is 70.8 cm³/mol. The van der Waals surface area contributed by atoms with Gasteiger partial charge in [-0.2, -0.15) is 14.2 Å². The van der Waals surface area contributed by atoms with E-state index >= 15 is 0 Å². The molecular formula is C14H15N5. The van der Waals surface area contributed by atoms with Crippen LogP contribution >= 0.6 is 0 Å². The fraction of sp³-hybridized carbons (Fsp3) is 0.214. The molecule has 0 saturated carbocycles. The number of aromatic nitrogens is 4. The molecule has 3 aromatic rings. The van der Waals surface area contributed by atoms with E-state index in [9.17, 15) is 0 Å². The van der Waals surface area contributed by atoms with Crippen molar-refractivity contribution in [3.8, 4) is 0 Å². The molecule has 2 heterocycles. The molecule has 3 rings (SSSR count). The maximum Gasteiger partial charge on any atom is 0.411 e. The van der Waals surface area contributed by atoms with Crippen LogP contribution in [0.5, 0.6) is 0 Å². The summed E-state index contributed by atoms with van der Waals surface area (Å²) < 4.78 is 3.71. The van der Waals surface area contributed by atoms with Crippen molar-refractivity contribution in [1.29, 1.82) is 0 Å². The summed E-state index contributed by atoms with van der Waals surface area (Å²) >= 11 is 0. The summed E-state index contributed by atoms with van der Waals surface area (Å²) in [6, 6.07) is 11.8. The largest absolute Gasteiger partial charge is 0.411 e. The van der Waals surface area contributed by atoms with Crippen LogP contribution in [0.1, 0.15) is 11.4 Å². The fourth-order valence-electron chi connectivity index (χ4n) is 2.14. The third-order valence-corrected chi connectivity index (χ3v) is 2.96. The monoisotopic (exact) mass is 253 g/mol. The van der Waals surface area contributed by atoms with E-state index in [4.69, 9.17) is 0 Å². The molecule has 0 saturated heterocycles. The SMILES string of the molecule is Cc1cc(C)n2c(=Nc3ccccc3)[n-][n+](C)c2n1. The van der Waals surface area contributed by atoms with E-state index < -0.39 is 0 Å². The maximum absolute atomic E-state index is 4.57. The van der Waals surface area contributed by atoms with E-state index in [2.05, 4.69) is 15.1 Å². The lowest BCUT2D eigenvalue weighted by Crippen LogP contribution is -2.36. The zero-order valence-corrected chi connectivity index (χ0v) is 11.2. The summed E-state index contributed by atoms with van der Waals surface area (Å²) in [6.07, 6.45) is 0. The molecule has 1 aromatic carbocycles. The molecule has 0 unspecified atom stereocenters. The highest BCUT2D eigenvalue weighted by Gasteiger charge is 2.12. The second-order valence-electron chi connectivity index (χ2n) is 4.55. The van der Waals surface area contributed by atoms with E-state index in [-0.39, 0.29) is 0 Å². The molecule has 19 heavy (non-hydrogen) atoms. The van der Waals surface area contributed by atoms with Gasteiger partial charge in [-0.15, -0.1) is 0 Å². The van der Waals surface area contributed by atoms with Crippen molar-refractivity contribution in [1.82, 2.24) is 14.5 Å². The average molecular weight is 253 g/mol. The highest BCUT2D eigenvalue weighted by molar-refractivity contribution is 5.36. The minimum atomic E-state index is 0.647. The first-order valence-electron chi connectivity index (χ1n) is 6.15.